The lowest BCUT2D eigenvalue weighted by Crippen LogP contribution is -2.31. The number of aryl methyl sites for hydroxylation is 1. The van der Waals surface area contributed by atoms with Crippen LogP contribution >= 0.6 is 0 Å². The minimum absolute atomic E-state index is 0.0246. The first-order valence-electron chi connectivity index (χ1n) is 9.46. The number of rotatable bonds is 4. The molecule has 1 unspecified atom stereocenters. The van der Waals surface area contributed by atoms with Crippen molar-refractivity contribution in [3.63, 3.8) is 0 Å². The van der Waals surface area contributed by atoms with Gasteiger partial charge in [-0.2, -0.15) is 0 Å². The predicted molar refractivity (Wildman–Crippen MR) is 105 cm³/mol. The molecule has 0 bridgehead atoms. The molecular weight excluding hydrogens is 398 g/mol. The molecular formula is C21H24F2N2O5. The molecule has 1 aromatic heterocycles. The molecule has 1 saturated heterocycles. The third-order valence-electron chi connectivity index (χ3n) is 4.53. The molecule has 7 nitrogen and oxygen atoms in total. The molecule has 3 N–H and O–H groups in total. The number of carboxylic acids is 1. The SMILES string of the molecule is CC(=O)O.Cc1cc(C2CCCNC2)oc(=O)c1C(=O)NCc1ccc(F)c(F)c1. The molecule has 2 aromatic rings. The second-order valence-electron chi connectivity index (χ2n) is 6.99. The topological polar surface area (TPSA) is 109 Å². The maximum atomic E-state index is 13.2. The van der Waals surface area contributed by atoms with E-state index in [1.165, 1.54) is 6.07 Å². The average molecular weight is 422 g/mol. The molecule has 1 amide bonds. The summed E-state index contributed by atoms with van der Waals surface area (Å²) >= 11 is 0. The van der Waals surface area contributed by atoms with Gasteiger partial charge in [0.15, 0.2) is 11.6 Å². The highest BCUT2D eigenvalue weighted by Gasteiger charge is 2.22. The van der Waals surface area contributed by atoms with Gasteiger partial charge in [-0.05, 0) is 55.6 Å². The fourth-order valence-corrected chi connectivity index (χ4v) is 3.12. The van der Waals surface area contributed by atoms with Crippen molar-refractivity contribution in [2.24, 2.45) is 0 Å². The maximum Gasteiger partial charge on any atom is 0.349 e. The Morgan fingerprint density at radius 2 is 1.97 bits per heavy atom. The second kappa shape index (κ2) is 10.6. The first kappa shape index (κ1) is 23.2. The maximum absolute atomic E-state index is 13.2. The van der Waals surface area contributed by atoms with E-state index in [-0.39, 0.29) is 18.0 Å². The van der Waals surface area contributed by atoms with Gasteiger partial charge in [-0.25, -0.2) is 13.6 Å². The van der Waals surface area contributed by atoms with Crippen LogP contribution in [0.1, 0.15) is 52.9 Å². The Morgan fingerprint density at radius 1 is 1.27 bits per heavy atom. The van der Waals surface area contributed by atoms with E-state index in [0.29, 0.717) is 16.9 Å². The van der Waals surface area contributed by atoms with Crippen molar-refractivity contribution >= 4 is 11.9 Å². The largest absolute Gasteiger partial charge is 0.481 e. The van der Waals surface area contributed by atoms with Crippen LogP contribution in [0, 0.1) is 18.6 Å². The highest BCUT2D eigenvalue weighted by atomic mass is 19.2. The van der Waals surface area contributed by atoms with Gasteiger partial charge in [0.2, 0.25) is 0 Å². The van der Waals surface area contributed by atoms with Crippen molar-refractivity contribution in [2.45, 2.75) is 39.2 Å². The molecule has 1 fully saturated rings. The van der Waals surface area contributed by atoms with Crippen LogP contribution in [0.5, 0.6) is 0 Å². The second-order valence-corrected chi connectivity index (χ2v) is 6.99. The van der Waals surface area contributed by atoms with E-state index in [1.807, 2.05) is 0 Å². The number of amides is 1. The number of carbonyl (C=O) groups excluding carboxylic acids is 1. The van der Waals surface area contributed by atoms with Gasteiger partial charge in [0, 0.05) is 25.9 Å². The summed E-state index contributed by atoms with van der Waals surface area (Å²) in [6, 6.07) is 5.09. The lowest BCUT2D eigenvalue weighted by molar-refractivity contribution is -0.134. The molecule has 30 heavy (non-hydrogen) atoms. The number of aliphatic carboxylic acids is 1. The third-order valence-corrected chi connectivity index (χ3v) is 4.53. The van der Waals surface area contributed by atoms with Gasteiger partial charge in [-0.3, -0.25) is 9.59 Å². The monoisotopic (exact) mass is 422 g/mol. The van der Waals surface area contributed by atoms with E-state index in [0.717, 1.165) is 45.0 Å². The van der Waals surface area contributed by atoms with Gasteiger partial charge in [-0.1, -0.05) is 6.07 Å². The number of benzene rings is 1. The molecule has 0 saturated carbocycles. The first-order chi connectivity index (χ1) is 14.2. The smallest absolute Gasteiger partial charge is 0.349 e. The number of carboxylic acid groups (broad SMARTS) is 1. The van der Waals surface area contributed by atoms with E-state index < -0.39 is 29.1 Å². The summed E-state index contributed by atoms with van der Waals surface area (Å²) in [6.07, 6.45) is 1.93. The fourth-order valence-electron chi connectivity index (χ4n) is 3.12. The number of hydrogen-bond acceptors (Lipinski definition) is 5. The number of nitrogens with one attached hydrogen (secondary N) is 2. The summed E-state index contributed by atoms with van der Waals surface area (Å²) in [5.41, 5.74) is 0.169. The van der Waals surface area contributed by atoms with Crippen LogP contribution in [-0.4, -0.2) is 30.1 Å². The summed E-state index contributed by atoms with van der Waals surface area (Å²) in [5, 5.41) is 13.2. The molecule has 1 aliphatic heterocycles. The van der Waals surface area contributed by atoms with Crippen molar-refractivity contribution < 1.29 is 27.9 Å². The van der Waals surface area contributed by atoms with E-state index in [9.17, 15) is 18.4 Å². The van der Waals surface area contributed by atoms with Crippen molar-refractivity contribution in [3.8, 4) is 0 Å². The first-order valence-corrected chi connectivity index (χ1v) is 9.46. The quantitative estimate of drug-likeness (QED) is 0.699. The van der Waals surface area contributed by atoms with Crippen LogP contribution in [0.25, 0.3) is 0 Å². The minimum Gasteiger partial charge on any atom is -0.481 e. The molecule has 0 radical (unpaired) electrons. The zero-order valence-electron chi connectivity index (χ0n) is 16.8. The zero-order chi connectivity index (χ0) is 22.3. The van der Waals surface area contributed by atoms with Crippen LogP contribution in [0.15, 0.2) is 33.5 Å². The van der Waals surface area contributed by atoms with Gasteiger partial charge < -0.3 is 20.2 Å². The standard InChI is InChI=1S/C19H20F2N2O3.C2H4O2/c1-11-7-16(13-3-2-6-22-10-13)26-19(25)17(11)18(24)23-9-12-4-5-14(20)15(21)8-12;1-2(3)4/h4-5,7-8,13,22H,2-3,6,9-10H2,1H3,(H,23,24);1H3,(H,3,4). The number of carbonyl (C=O) groups is 2. The molecule has 0 spiro atoms. The molecule has 1 aromatic carbocycles. The molecule has 162 valence electrons. The Labute approximate surface area is 172 Å². The van der Waals surface area contributed by atoms with Gasteiger partial charge in [-0.15, -0.1) is 0 Å². The number of halogens is 2. The van der Waals surface area contributed by atoms with E-state index in [1.54, 1.807) is 13.0 Å². The number of piperidine rings is 1. The summed E-state index contributed by atoms with van der Waals surface area (Å²) < 4.78 is 31.5. The Morgan fingerprint density at radius 3 is 2.53 bits per heavy atom. The van der Waals surface area contributed by atoms with E-state index in [4.69, 9.17) is 14.3 Å². The summed E-state index contributed by atoms with van der Waals surface area (Å²) in [6.45, 7) is 4.43. The lowest BCUT2D eigenvalue weighted by atomic mass is 9.95. The Bertz CT molecular complexity index is 964. The minimum atomic E-state index is -0.988. The highest BCUT2D eigenvalue weighted by molar-refractivity contribution is 5.95. The molecule has 2 heterocycles. The molecule has 1 aliphatic rings. The molecule has 0 aliphatic carbocycles. The van der Waals surface area contributed by atoms with Crippen LogP contribution in [0.2, 0.25) is 0 Å². The Balaban J connectivity index is 0.000000735. The predicted octanol–water partition coefficient (Wildman–Crippen LogP) is 2.71. The highest BCUT2D eigenvalue weighted by Crippen LogP contribution is 2.23. The van der Waals surface area contributed by atoms with Gasteiger partial charge in [0.25, 0.3) is 11.9 Å². The summed E-state index contributed by atoms with van der Waals surface area (Å²) in [5.74, 6) is -2.68. The van der Waals surface area contributed by atoms with E-state index in [2.05, 4.69) is 10.6 Å². The van der Waals surface area contributed by atoms with Crippen molar-refractivity contribution in [3.05, 3.63) is 68.8 Å². The number of hydrogen-bond donors (Lipinski definition) is 3. The van der Waals surface area contributed by atoms with Crippen LogP contribution < -0.4 is 16.3 Å². The fraction of sp³-hybridized carbons (Fsp3) is 0.381. The summed E-state index contributed by atoms with van der Waals surface area (Å²) in [4.78, 5) is 33.6. The Hall–Kier alpha value is -3.07. The van der Waals surface area contributed by atoms with Crippen LogP contribution in [0.3, 0.4) is 0 Å². The third kappa shape index (κ3) is 6.48. The van der Waals surface area contributed by atoms with Crippen molar-refractivity contribution in [1.82, 2.24) is 10.6 Å². The summed E-state index contributed by atoms with van der Waals surface area (Å²) in [7, 11) is 0. The van der Waals surface area contributed by atoms with Gasteiger partial charge in [0.05, 0.1) is 0 Å². The lowest BCUT2D eigenvalue weighted by Gasteiger charge is -2.22. The van der Waals surface area contributed by atoms with Gasteiger partial charge >= 0.3 is 5.63 Å². The zero-order valence-corrected chi connectivity index (χ0v) is 16.8. The van der Waals surface area contributed by atoms with E-state index >= 15 is 0 Å². The van der Waals surface area contributed by atoms with Crippen LogP contribution in [-0.2, 0) is 11.3 Å². The molecule has 3 rings (SSSR count). The van der Waals surface area contributed by atoms with Crippen LogP contribution in [0.4, 0.5) is 8.78 Å². The van der Waals surface area contributed by atoms with Gasteiger partial charge in [0.1, 0.15) is 11.3 Å². The average Bonchev–Trinajstić information content (AvgIpc) is 2.68. The van der Waals surface area contributed by atoms with Crippen molar-refractivity contribution in [1.29, 1.82) is 0 Å². The molecule has 1 atom stereocenters. The normalized spacial score (nSPS) is 15.7. The molecule has 9 heteroatoms. The Kier molecular flexibility index (Phi) is 8.23. The van der Waals surface area contributed by atoms with Crippen molar-refractivity contribution in [2.75, 3.05) is 13.1 Å².